The van der Waals surface area contributed by atoms with Crippen molar-refractivity contribution < 1.29 is 0 Å². The molecule has 36 heavy (non-hydrogen) atoms. The van der Waals surface area contributed by atoms with Gasteiger partial charge in [-0.2, -0.15) is 0 Å². The van der Waals surface area contributed by atoms with Gasteiger partial charge in [-0.3, -0.25) is 0 Å². The Bertz CT molecular complexity index is 370. The maximum atomic E-state index is 2.50. The number of unbranched alkanes of at least 4 members (excludes halogenated alkanes) is 25. The van der Waals surface area contributed by atoms with E-state index in [0.717, 1.165) is 11.8 Å². The highest BCUT2D eigenvalue weighted by molar-refractivity contribution is 4.57. The SMILES string of the molecule is CCCCCCCCCCCCCCCCCCCCCCC(C)CCCCCCCCCC(C)C. The van der Waals surface area contributed by atoms with E-state index in [9.17, 15) is 0 Å². The first kappa shape index (κ1) is 36.0. The van der Waals surface area contributed by atoms with E-state index in [1.54, 1.807) is 0 Å². The van der Waals surface area contributed by atoms with Crippen molar-refractivity contribution in [1.82, 2.24) is 0 Å². The molecule has 0 saturated heterocycles. The molecule has 0 fully saturated rings. The van der Waals surface area contributed by atoms with Gasteiger partial charge in [-0.15, -0.1) is 0 Å². The lowest BCUT2D eigenvalue weighted by Crippen LogP contribution is -1.95. The highest BCUT2D eigenvalue weighted by Gasteiger charge is 2.02. The molecule has 0 rings (SSSR count). The van der Waals surface area contributed by atoms with Gasteiger partial charge < -0.3 is 0 Å². The summed E-state index contributed by atoms with van der Waals surface area (Å²) in [7, 11) is 0. The molecule has 0 spiro atoms. The van der Waals surface area contributed by atoms with Crippen molar-refractivity contribution in [2.45, 2.75) is 220 Å². The zero-order valence-electron chi connectivity index (χ0n) is 26.4. The van der Waals surface area contributed by atoms with Gasteiger partial charge >= 0.3 is 0 Å². The average Bonchev–Trinajstić information content (AvgIpc) is 2.86. The fourth-order valence-electron chi connectivity index (χ4n) is 5.82. The minimum Gasteiger partial charge on any atom is -0.0654 e. The van der Waals surface area contributed by atoms with Gasteiger partial charge in [0, 0.05) is 0 Å². The van der Waals surface area contributed by atoms with Crippen LogP contribution in [-0.4, -0.2) is 0 Å². The summed E-state index contributed by atoms with van der Waals surface area (Å²) in [6.07, 6.45) is 44.3. The predicted molar refractivity (Wildman–Crippen MR) is 168 cm³/mol. The van der Waals surface area contributed by atoms with Crippen molar-refractivity contribution in [2.24, 2.45) is 11.8 Å². The molecule has 0 aliphatic rings. The third-order valence-corrected chi connectivity index (χ3v) is 8.53. The van der Waals surface area contributed by atoms with Gasteiger partial charge in [-0.1, -0.05) is 220 Å². The van der Waals surface area contributed by atoms with Gasteiger partial charge in [0.1, 0.15) is 0 Å². The summed E-state index contributed by atoms with van der Waals surface area (Å²) in [5.41, 5.74) is 0. The van der Waals surface area contributed by atoms with Gasteiger partial charge in [0.05, 0.1) is 0 Å². The monoisotopic (exact) mass is 507 g/mol. The molecule has 0 nitrogen and oxygen atoms in total. The summed E-state index contributed by atoms with van der Waals surface area (Å²) >= 11 is 0. The standard InChI is InChI=1S/C36H74/c1-5-6-7-8-9-10-11-12-13-14-15-16-17-18-19-20-21-24-27-30-33-36(4)34-31-28-25-22-23-26-29-32-35(2)3/h35-36H,5-34H2,1-4H3. The highest BCUT2D eigenvalue weighted by Crippen LogP contribution is 2.20. The normalized spacial score (nSPS) is 12.6. The van der Waals surface area contributed by atoms with Crippen molar-refractivity contribution in [2.75, 3.05) is 0 Å². The third kappa shape index (κ3) is 32.0. The summed E-state index contributed by atoms with van der Waals surface area (Å²) < 4.78 is 0. The molecular weight excluding hydrogens is 432 g/mol. The molecule has 0 saturated carbocycles. The first-order valence-corrected chi connectivity index (χ1v) is 17.7. The Labute approximate surface area is 232 Å². The van der Waals surface area contributed by atoms with Crippen molar-refractivity contribution in [1.29, 1.82) is 0 Å². The van der Waals surface area contributed by atoms with E-state index in [0.29, 0.717) is 0 Å². The first-order chi connectivity index (χ1) is 17.7. The molecule has 0 heteroatoms. The lowest BCUT2D eigenvalue weighted by molar-refractivity contribution is 0.429. The van der Waals surface area contributed by atoms with Crippen LogP contribution in [0.2, 0.25) is 0 Å². The Morgan fingerprint density at radius 2 is 0.500 bits per heavy atom. The van der Waals surface area contributed by atoms with Crippen LogP contribution >= 0.6 is 0 Å². The number of hydrogen-bond donors (Lipinski definition) is 0. The number of hydrogen-bond acceptors (Lipinski definition) is 0. The fraction of sp³-hybridized carbons (Fsp3) is 1.00. The largest absolute Gasteiger partial charge is 0.0654 e. The maximum Gasteiger partial charge on any atom is -0.0443 e. The lowest BCUT2D eigenvalue weighted by atomic mass is 9.95. The van der Waals surface area contributed by atoms with Crippen LogP contribution in [-0.2, 0) is 0 Å². The summed E-state index contributed by atoms with van der Waals surface area (Å²) in [5, 5.41) is 0. The van der Waals surface area contributed by atoms with E-state index in [-0.39, 0.29) is 0 Å². The molecular formula is C36H74. The Morgan fingerprint density at radius 1 is 0.278 bits per heavy atom. The van der Waals surface area contributed by atoms with Crippen molar-refractivity contribution >= 4 is 0 Å². The van der Waals surface area contributed by atoms with E-state index in [1.807, 2.05) is 0 Å². The second kappa shape index (κ2) is 31.2. The number of rotatable bonds is 31. The Kier molecular flexibility index (Phi) is 31.2. The summed E-state index contributed by atoms with van der Waals surface area (Å²) in [6, 6.07) is 0. The van der Waals surface area contributed by atoms with Crippen LogP contribution in [0.25, 0.3) is 0 Å². The van der Waals surface area contributed by atoms with Crippen molar-refractivity contribution in [3.05, 3.63) is 0 Å². The molecule has 0 amide bonds. The molecule has 0 radical (unpaired) electrons. The molecule has 218 valence electrons. The summed E-state index contributed by atoms with van der Waals surface area (Å²) in [6.45, 7) is 9.51. The zero-order valence-corrected chi connectivity index (χ0v) is 26.4. The van der Waals surface area contributed by atoms with Crippen LogP contribution in [0.1, 0.15) is 220 Å². The average molecular weight is 507 g/mol. The molecule has 0 N–H and O–H groups in total. The second-order valence-corrected chi connectivity index (χ2v) is 13.1. The minimum atomic E-state index is 0.894. The molecule has 0 heterocycles. The van der Waals surface area contributed by atoms with Gasteiger partial charge in [-0.05, 0) is 11.8 Å². The van der Waals surface area contributed by atoms with E-state index in [1.165, 1.54) is 193 Å². The topological polar surface area (TPSA) is 0 Å². The third-order valence-electron chi connectivity index (χ3n) is 8.53. The quantitative estimate of drug-likeness (QED) is 0.0820. The van der Waals surface area contributed by atoms with Crippen LogP contribution in [0.3, 0.4) is 0 Å². The summed E-state index contributed by atoms with van der Waals surface area (Å²) in [4.78, 5) is 0. The Hall–Kier alpha value is 0. The second-order valence-electron chi connectivity index (χ2n) is 13.1. The first-order valence-electron chi connectivity index (χ1n) is 17.7. The summed E-state index contributed by atoms with van der Waals surface area (Å²) in [5.74, 6) is 1.86. The molecule has 1 atom stereocenters. The van der Waals surface area contributed by atoms with E-state index >= 15 is 0 Å². The van der Waals surface area contributed by atoms with E-state index < -0.39 is 0 Å². The van der Waals surface area contributed by atoms with Crippen LogP contribution < -0.4 is 0 Å². The zero-order chi connectivity index (χ0) is 26.4. The molecule has 0 aromatic carbocycles. The van der Waals surface area contributed by atoms with Crippen LogP contribution in [0.4, 0.5) is 0 Å². The van der Waals surface area contributed by atoms with Crippen molar-refractivity contribution in [3.63, 3.8) is 0 Å². The lowest BCUT2D eigenvalue weighted by Gasteiger charge is -2.11. The molecule has 0 aromatic rings. The van der Waals surface area contributed by atoms with Crippen LogP contribution in [0.15, 0.2) is 0 Å². The smallest absolute Gasteiger partial charge is 0.0443 e. The van der Waals surface area contributed by atoms with Gasteiger partial charge in [-0.25, -0.2) is 0 Å². The minimum absolute atomic E-state index is 0.894. The highest BCUT2D eigenvalue weighted by atomic mass is 14.1. The molecule has 0 aliphatic heterocycles. The Morgan fingerprint density at radius 3 is 0.750 bits per heavy atom. The van der Waals surface area contributed by atoms with E-state index in [4.69, 9.17) is 0 Å². The van der Waals surface area contributed by atoms with Gasteiger partial charge in [0.25, 0.3) is 0 Å². The van der Waals surface area contributed by atoms with E-state index in [2.05, 4.69) is 27.7 Å². The van der Waals surface area contributed by atoms with Crippen molar-refractivity contribution in [3.8, 4) is 0 Å². The molecule has 0 aromatic heterocycles. The Balaban J connectivity index is 3.13. The maximum absolute atomic E-state index is 2.50. The molecule has 1 unspecified atom stereocenters. The molecule has 0 aliphatic carbocycles. The van der Waals surface area contributed by atoms with Gasteiger partial charge in [0.15, 0.2) is 0 Å². The van der Waals surface area contributed by atoms with Crippen LogP contribution in [0, 0.1) is 11.8 Å². The molecule has 0 bridgehead atoms. The van der Waals surface area contributed by atoms with Crippen LogP contribution in [0.5, 0.6) is 0 Å². The predicted octanol–water partition coefficient (Wildman–Crippen LogP) is 14.0. The van der Waals surface area contributed by atoms with Gasteiger partial charge in [0.2, 0.25) is 0 Å². The fourth-order valence-corrected chi connectivity index (χ4v) is 5.82.